The van der Waals surface area contributed by atoms with Crippen LogP contribution < -0.4 is 5.32 Å². The van der Waals surface area contributed by atoms with Gasteiger partial charge in [0, 0.05) is 12.1 Å². The van der Waals surface area contributed by atoms with Crippen LogP contribution in [0.5, 0.6) is 0 Å². The molecule has 0 spiro atoms. The van der Waals surface area contributed by atoms with E-state index in [0.717, 1.165) is 25.8 Å². The van der Waals surface area contributed by atoms with E-state index in [1.165, 1.54) is 5.56 Å². The Morgan fingerprint density at radius 2 is 2.00 bits per heavy atom. The second-order valence-electron chi connectivity index (χ2n) is 6.62. The van der Waals surface area contributed by atoms with E-state index in [-0.39, 0.29) is 23.5 Å². The molecular formula is C17H24N2O3S. The van der Waals surface area contributed by atoms with Gasteiger partial charge in [-0.15, -0.1) is 0 Å². The summed E-state index contributed by atoms with van der Waals surface area (Å²) >= 11 is 0. The topological polar surface area (TPSA) is 66.5 Å². The minimum absolute atomic E-state index is 0.0490. The normalized spacial score (nSPS) is 27.1. The quantitative estimate of drug-likeness (QED) is 0.871. The summed E-state index contributed by atoms with van der Waals surface area (Å²) in [5.74, 6) is 0.233. The highest BCUT2D eigenvalue weighted by atomic mass is 32.2. The molecule has 2 aliphatic rings. The molecule has 0 aromatic heterocycles. The molecule has 2 saturated heterocycles. The van der Waals surface area contributed by atoms with Gasteiger partial charge in [-0.05, 0) is 37.8 Å². The first kappa shape index (κ1) is 16.5. The molecular weight excluding hydrogens is 312 g/mol. The predicted octanol–water partition coefficient (Wildman–Crippen LogP) is 0.997. The Hall–Kier alpha value is -1.40. The average molecular weight is 336 g/mol. The molecule has 2 unspecified atom stereocenters. The number of benzene rings is 1. The zero-order valence-electron chi connectivity index (χ0n) is 13.3. The molecule has 2 heterocycles. The van der Waals surface area contributed by atoms with Crippen LogP contribution >= 0.6 is 0 Å². The molecule has 23 heavy (non-hydrogen) atoms. The standard InChI is InChI=1S/C17H24N2O3S/c20-17(18-15-8-10-23(21,22)13-15)12-19-9-4-7-16(19)11-14-5-2-1-3-6-14/h1-3,5-6,15-16H,4,7-13H2,(H,18,20). The minimum Gasteiger partial charge on any atom is -0.351 e. The van der Waals surface area contributed by atoms with Crippen molar-refractivity contribution in [1.29, 1.82) is 0 Å². The van der Waals surface area contributed by atoms with Crippen molar-refractivity contribution in [3.05, 3.63) is 35.9 Å². The number of carbonyl (C=O) groups is 1. The monoisotopic (exact) mass is 336 g/mol. The number of likely N-dealkylation sites (tertiary alicyclic amines) is 1. The molecule has 0 aliphatic carbocycles. The Kier molecular flexibility index (Phi) is 5.02. The molecule has 1 amide bonds. The molecule has 1 aromatic rings. The molecule has 2 aliphatic heterocycles. The van der Waals surface area contributed by atoms with E-state index in [0.29, 0.717) is 19.0 Å². The highest BCUT2D eigenvalue weighted by Gasteiger charge is 2.31. The number of carbonyl (C=O) groups excluding carboxylic acids is 1. The van der Waals surface area contributed by atoms with Crippen molar-refractivity contribution in [3.63, 3.8) is 0 Å². The van der Waals surface area contributed by atoms with Gasteiger partial charge in [-0.1, -0.05) is 30.3 Å². The first-order valence-electron chi connectivity index (χ1n) is 8.29. The molecule has 2 fully saturated rings. The number of hydrogen-bond donors (Lipinski definition) is 1. The predicted molar refractivity (Wildman–Crippen MR) is 89.9 cm³/mol. The van der Waals surface area contributed by atoms with E-state index in [9.17, 15) is 13.2 Å². The summed E-state index contributed by atoms with van der Waals surface area (Å²) in [7, 11) is -2.95. The van der Waals surface area contributed by atoms with Crippen LogP contribution in [0.15, 0.2) is 30.3 Å². The Balaban J connectivity index is 1.51. The fourth-order valence-corrected chi connectivity index (χ4v) is 5.26. The summed E-state index contributed by atoms with van der Waals surface area (Å²) in [6.45, 7) is 1.31. The lowest BCUT2D eigenvalue weighted by atomic mass is 10.0. The zero-order chi connectivity index (χ0) is 16.3. The van der Waals surface area contributed by atoms with Gasteiger partial charge in [0.05, 0.1) is 18.1 Å². The maximum absolute atomic E-state index is 12.2. The summed E-state index contributed by atoms with van der Waals surface area (Å²) in [4.78, 5) is 14.4. The molecule has 0 radical (unpaired) electrons. The van der Waals surface area contributed by atoms with Crippen molar-refractivity contribution < 1.29 is 13.2 Å². The van der Waals surface area contributed by atoms with E-state index >= 15 is 0 Å². The summed E-state index contributed by atoms with van der Waals surface area (Å²) in [5.41, 5.74) is 1.30. The van der Waals surface area contributed by atoms with Crippen LogP contribution in [-0.2, 0) is 21.1 Å². The first-order chi connectivity index (χ1) is 11.0. The van der Waals surface area contributed by atoms with E-state index in [1.54, 1.807) is 0 Å². The van der Waals surface area contributed by atoms with Crippen LogP contribution in [0.4, 0.5) is 0 Å². The van der Waals surface area contributed by atoms with E-state index in [2.05, 4.69) is 22.3 Å². The second-order valence-corrected chi connectivity index (χ2v) is 8.85. The lowest BCUT2D eigenvalue weighted by Crippen LogP contribution is -2.44. The van der Waals surface area contributed by atoms with Gasteiger partial charge in [-0.25, -0.2) is 8.42 Å². The molecule has 1 aromatic carbocycles. The highest BCUT2D eigenvalue weighted by Crippen LogP contribution is 2.21. The number of nitrogens with one attached hydrogen (secondary N) is 1. The van der Waals surface area contributed by atoms with Crippen LogP contribution in [0.25, 0.3) is 0 Å². The van der Waals surface area contributed by atoms with Gasteiger partial charge < -0.3 is 5.32 Å². The fourth-order valence-electron chi connectivity index (χ4n) is 3.59. The van der Waals surface area contributed by atoms with Gasteiger partial charge >= 0.3 is 0 Å². The fraction of sp³-hybridized carbons (Fsp3) is 0.588. The summed E-state index contributed by atoms with van der Waals surface area (Å²) in [6.07, 6.45) is 3.73. The second kappa shape index (κ2) is 7.01. The number of rotatable bonds is 5. The third-order valence-corrected chi connectivity index (χ3v) is 6.53. The molecule has 1 N–H and O–H groups in total. The van der Waals surface area contributed by atoms with Crippen molar-refractivity contribution in [1.82, 2.24) is 10.2 Å². The SMILES string of the molecule is O=C(CN1CCCC1Cc1ccccc1)NC1CCS(=O)(=O)C1. The smallest absolute Gasteiger partial charge is 0.234 e. The summed E-state index contributed by atoms with van der Waals surface area (Å²) in [6, 6.07) is 10.5. The van der Waals surface area contributed by atoms with Crippen molar-refractivity contribution in [3.8, 4) is 0 Å². The van der Waals surface area contributed by atoms with Gasteiger partial charge in [0.2, 0.25) is 5.91 Å². The zero-order valence-corrected chi connectivity index (χ0v) is 14.1. The molecule has 0 saturated carbocycles. The Bertz CT molecular complexity index is 645. The number of nitrogens with zero attached hydrogens (tertiary/aromatic N) is 1. The third-order valence-electron chi connectivity index (χ3n) is 4.76. The van der Waals surface area contributed by atoms with Crippen LogP contribution in [0.2, 0.25) is 0 Å². The molecule has 6 heteroatoms. The molecule has 3 rings (SSSR count). The Labute approximate surface area is 138 Å². The van der Waals surface area contributed by atoms with Crippen molar-refractivity contribution in [2.75, 3.05) is 24.6 Å². The van der Waals surface area contributed by atoms with Gasteiger partial charge in [0.25, 0.3) is 0 Å². The number of amides is 1. The van der Waals surface area contributed by atoms with Gasteiger partial charge in [-0.3, -0.25) is 9.69 Å². The van der Waals surface area contributed by atoms with Gasteiger partial charge in [0.1, 0.15) is 0 Å². The largest absolute Gasteiger partial charge is 0.351 e. The Morgan fingerprint density at radius 1 is 1.22 bits per heavy atom. The lowest BCUT2D eigenvalue weighted by molar-refractivity contribution is -0.123. The van der Waals surface area contributed by atoms with Crippen molar-refractivity contribution >= 4 is 15.7 Å². The third kappa shape index (κ3) is 4.54. The molecule has 2 atom stereocenters. The van der Waals surface area contributed by atoms with Crippen LogP contribution in [0, 0.1) is 0 Å². The van der Waals surface area contributed by atoms with E-state index < -0.39 is 9.84 Å². The van der Waals surface area contributed by atoms with Gasteiger partial charge in [0.15, 0.2) is 9.84 Å². The lowest BCUT2D eigenvalue weighted by Gasteiger charge is -2.24. The van der Waals surface area contributed by atoms with Gasteiger partial charge in [-0.2, -0.15) is 0 Å². The van der Waals surface area contributed by atoms with Crippen molar-refractivity contribution in [2.45, 2.75) is 37.8 Å². The first-order valence-corrected chi connectivity index (χ1v) is 10.1. The molecule has 0 bridgehead atoms. The highest BCUT2D eigenvalue weighted by molar-refractivity contribution is 7.91. The number of sulfone groups is 1. The number of hydrogen-bond acceptors (Lipinski definition) is 4. The maximum atomic E-state index is 12.2. The average Bonchev–Trinajstić information content (AvgIpc) is 3.06. The van der Waals surface area contributed by atoms with E-state index in [1.807, 2.05) is 18.2 Å². The Morgan fingerprint density at radius 3 is 2.70 bits per heavy atom. The summed E-state index contributed by atoms with van der Waals surface area (Å²) in [5, 5.41) is 2.89. The van der Waals surface area contributed by atoms with Crippen LogP contribution in [0.3, 0.4) is 0 Å². The van der Waals surface area contributed by atoms with Crippen molar-refractivity contribution in [2.24, 2.45) is 0 Å². The summed E-state index contributed by atoms with van der Waals surface area (Å²) < 4.78 is 22.9. The molecule has 5 nitrogen and oxygen atoms in total. The van der Waals surface area contributed by atoms with Crippen LogP contribution in [0.1, 0.15) is 24.8 Å². The van der Waals surface area contributed by atoms with Crippen LogP contribution in [-0.4, -0.2) is 55.9 Å². The maximum Gasteiger partial charge on any atom is 0.234 e. The van der Waals surface area contributed by atoms with E-state index in [4.69, 9.17) is 0 Å². The molecule has 126 valence electrons. The minimum atomic E-state index is -2.95.